The van der Waals surface area contributed by atoms with Gasteiger partial charge in [-0.3, -0.25) is 4.79 Å². The van der Waals surface area contributed by atoms with Crippen LogP contribution < -0.4 is 11.1 Å². The number of nitrogens with two attached hydrogens (primary N) is 1. The predicted molar refractivity (Wildman–Crippen MR) is 73.3 cm³/mol. The van der Waals surface area contributed by atoms with Crippen molar-refractivity contribution < 1.29 is 4.79 Å². The van der Waals surface area contributed by atoms with E-state index < -0.39 is 5.54 Å². The Bertz CT molecular complexity index is 407. The second-order valence-electron chi connectivity index (χ2n) is 5.23. The summed E-state index contributed by atoms with van der Waals surface area (Å²) in [5, 5.41) is 2.91. The second kappa shape index (κ2) is 5.53. The molecule has 18 heavy (non-hydrogen) atoms. The van der Waals surface area contributed by atoms with Gasteiger partial charge in [0.05, 0.1) is 5.54 Å². The van der Waals surface area contributed by atoms with Gasteiger partial charge in [-0.2, -0.15) is 0 Å². The van der Waals surface area contributed by atoms with Gasteiger partial charge >= 0.3 is 0 Å². The summed E-state index contributed by atoms with van der Waals surface area (Å²) in [7, 11) is 0. The molecular formula is C15H22N2O. The molecule has 0 saturated heterocycles. The van der Waals surface area contributed by atoms with Crippen LogP contribution in [0.15, 0.2) is 24.3 Å². The molecule has 3 nitrogen and oxygen atoms in total. The summed E-state index contributed by atoms with van der Waals surface area (Å²) >= 11 is 0. The number of benzene rings is 1. The SMILES string of the molecule is CCCc1ccc(CCNC(=O)C2(N)CC2)cc1. The molecule has 1 amide bonds. The van der Waals surface area contributed by atoms with Crippen molar-refractivity contribution in [2.45, 2.75) is 44.6 Å². The van der Waals surface area contributed by atoms with Crippen molar-refractivity contribution >= 4 is 5.91 Å². The van der Waals surface area contributed by atoms with E-state index in [0.29, 0.717) is 6.54 Å². The molecule has 1 saturated carbocycles. The Morgan fingerprint density at radius 2 is 1.78 bits per heavy atom. The highest BCUT2D eigenvalue weighted by Crippen LogP contribution is 2.31. The third-order valence-electron chi connectivity index (χ3n) is 3.50. The van der Waals surface area contributed by atoms with Crippen LogP contribution in [-0.2, 0) is 17.6 Å². The Morgan fingerprint density at radius 3 is 2.28 bits per heavy atom. The third kappa shape index (κ3) is 3.33. The highest BCUT2D eigenvalue weighted by atomic mass is 16.2. The van der Waals surface area contributed by atoms with Gasteiger partial charge in [0.2, 0.25) is 5.91 Å². The molecule has 0 atom stereocenters. The number of carbonyl (C=O) groups excluding carboxylic acids is 1. The van der Waals surface area contributed by atoms with Crippen molar-refractivity contribution in [2.24, 2.45) is 5.73 Å². The summed E-state index contributed by atoms with van der Waals surface area (Å²) in [6.07, 6.45) is 4.82. The van der Waals surface area contributed by atoms with Crippen molar-refractivity contribution in [2.75, 3.05) is 6.54 Å². The van der Waals surface area contributed by atoms with Gasteiger partial charge in [-0.1, -0.05) is 37.6 Å². The lowest BCUT2D eigenvalue weighted by Gasteiger charge is -2.10. The number of hydrogen-bond acceptors (Lipinski definition) is 2. The maximum absolute atomic E-state index is 11.6. The topological polar surface area (TPSA) is 55.1 Å². The Balaban J connectivity index is 1.74. The Hall–Kier alpha value is -1.35. The summed E-state index contributed by atoms with van der Waals surface area (Å²) in [5.41, 5.74) is 7.90. The molecule has 3 heteroatoms. The van der Waals surface area contributed by atoms with E-state index in [-0.39, 0.29) is 5.91 Å². The van der Waals surface area contributed by atoms with Crippen LogP contribution >= 0.6 is 0 Å². The Labute approximate surface area is 109 Å². The summed E-state index contributed by atoms with van der Waals surface area (Å²) < 4.78 is 0. The predicted octanol–water partition coefficient (Wildman–Crippen LogP) is 1.79. The zero-order chi connectivity index (χ0) is 13.0. The van der Waals surface area contributed by atoms with E-state index in [1.807, 2.05) is 0 Å². The standard InChI is InChI=1S/C15H22N2O/c1-2-3-12-4-6-13(7-5-12)8-11-17-14(18)15(16)9-10-15/h4-7H,2-3,8-11,16H2,1H3,(H,17,18). The quantitative estimate of drug-likeness (QED) is 0.804. The maximum atomic E-state index is 11.6. The van der Waals surface area contributed by atoms with Gasteiger partial charge in [0.15, 0.2) is 0 Å². The van der Waals surface area contributed by atoms with Gasteiger partial charge in [0.25, 0.3) is 0 Å². The molecule has 1 aliphatic rings. The number of amides is 1. The molecule has 2 rings (SSSR count). The van der Waals surface area contributed by atoms with Crippen molar-refractivity contribution in [3.05, 3.63) is 35.4 Å². The monoisotopic (exact) mass is 246 g/mol. The zero-order valence-corrected chi connectivity index (χ0v) is 11.0. The maximum Gasteiger partial charge on any atom is 0.240 e. The summed E-state index contributed by atoms with van der Waals surface area (Å²) in [5.74, 6) is 0.00473. The van der Waals surface area contributed by atoms with Gasteiger partial charge < -0.3 is 11.1 Å². The molecule has 0 radical (unpaired) electrons. The Morgan fingerprint density at radius 1 is 1.22 bits per heavy atom. The molecule has 0 spiro atoms. The molecule has 1 aromatic carbocycles. The molecule has 0 unspecified atom stereocenters. The lowest BCUT2D eigenvalue weighted by atomic mass is 10.1. The van der Waals surface area contributed by atoms with Gasteiger partial charge in [-0.15, -0.1) is 0 Å². The number of hydrogen-bond donors (Lipinski definition) is 2. The van der Waals surface area contributed by atoms with Crippen molar-refractivity contribution in [1.82, 2.24) is 5.32 Å². The highest BCUT2D eigenvalue weighted by Gasteiger charge is 2.45. The van der Waals surface area contributed by atoms with Crippen LogP contribution in [0.1, 0.15) is 37.3 Å². The van der Waals surface area contributed by atoms with E-state index in [1.54, 1.807) is 0 Å². The third-order valence-corrected chi connectivity index (χ3v) is 3.50. The fourth-order valence-electron chi connectivity index (χ4n) is 2.02. The van der Waals surface area contributed by atoms with Crippen LogP contribution in [-0.4, -0.2) is 18.0 Å². The van der Waals surface area contributed by atoms with E-state index >= 15 is 0 Å². The molecule has 1 aromatic rings. The number of carbonyl (C=O) groups is 1. The minimum Gasteiger partial charge on any atom is -0.354 e. The average Bonchev–Trinajstić information content (AvgIpc) is 3.11. The fraction of sp³-hybridized carbons (Fsp3) is 0.533. The minimum atomic E-state index is -0.551. The van der Waals surface area contributed by atoms with Crippen LogP contribution in [0.3, 0.4) is 0 Å². The van der Waals surface area contributed by atoms with E-state index in [4.69, 9.17) is 5.73 Å². The number of aryl methyl sites for hydroxylation is 1. The summed E-state index contributed by atoms with van der Waals surface area (Å²) in [6, 6.07) is 8.64. The van der Waals surface area contributed by atoms with Crippen LogP contribution in [0, 0.1) is 0 Å². The van der Waals surface area contributed by atoms with Crippen LogP contribution in [0.2, 0.25) is 0 Å². The molecule has 0 bridgehead atoms. The van der Waals surface area contributed by atoms with Crippen molar-refractivity contribution in [3.63, 3.8) is 0 Å². The second-order valence-corrected chi connectivity index (χ2v) is 5.23. The average molecular weight is 246 g/mol. The molecule has 1 fully saturated rings. The van der Waals surface area contributed by atoms with Crippen LogP contribution in [0.5, 0.6) is 0 Å². The molecular weight excluding hydrogens is 224 g/mol. The lowest BCUT2D eigenvalue weighted by Crippen LogP contribution is -2.43. The summed E-state index contributed by atoms with van der Waals surface area (Å²) in [4.78, 5) is 11.6. The Kier molecular flexibility index (Phi) is 4.02. The van der Waals surface area contributed by atoms with E-state index in [9.17, 15) is 4.79 Å². The first-order chi connectivity index (χ1) is 8.64. The lowest BCUT2D eigenvalue weighted by molar-refractivity contribution is -0.123. The van der Waals surface area contributed by atoms with Crippen LogP contribution in [0.25, 0.3) is 0 Å². The number of rotatable bonds is 6. The highest BCUT2D eigenvalue weighted by molar-refractivity contribution is 5.88. The molecule has 0 aliphatic heterocycles. The summed E-state index contributed by atoms with van der Waals surface area (Å²) in [6.45, 7) is 2.86. The van der Waals surface area contributed by atoms with Crippen molar-refractivity contribution in [3.8, 4) is 0 Å². The fourth-order valence-corrected chi connectivity index (χ4v) is 2.02. The smallest absolute Gasteiger partial charge is 0.240 e. The van der Waals surface area contributed by atoms with Gasteiger partial charge in [0, 0.05) is 6.54 Å². The van der Waals surface area contributed by atoms with Gasteiger partial charge in [0.1, 0.15) is 0 Å². The first kappa shape index (κ1) is 13.1. The minimum absolute atomic E-state index is 0.00473. The normalized spacial score (nSPS) is 16.3. The van der Waals surface area contributed by atoms with Gasteiger partial charge in [-0.25, -0.2) is 0 Å². The van der Waals surface area contributed by atoms with Crippen LogP contribution in [0.4, 0.5) is 0 Å². The molecule has 0 aromatic heterocycles. The zero-order valence-electron chi connectivity index (χ0n) is 11.0. The largest absolute Gasteiger partial charge is 0.354 e. The van der Waals surface area contributed by atoms with Gasteiger partial charge in [-0.05, 0) is 36.8 Å². The number of nitrogens with one attached hydrogen (secondary N) is 1. The molecule has 3 N–H and O–H groups in total. The molecule has 1 aliphatic carbocycles. The molecule has 98 valence electrons. The van der Waals surface area contributed by atoms with Crippen molar-refractivity contribution in [1.29, 1.82) is 0 Å². The molecule has 0 heterocycles. The first-order valence-corrected chi connectivity index (χ1v) is 6.79. The first-order valence-electron chi connectivity index (χ1n) is 6.79. The van der Waals surface area contributed by atoms with E-state index in [0.717, 1.165) is 25.7 Å². The van der Waals surface area contributed by atoms with E-state index in [1.165, 1.54) is 17.5 Å². The van der Waals surface area contributed by atoms with E-state index in [2.05, 4.69) is 36.5 Å².